The van der Waals surface area contributed by atoms with Crippen LogP contribution in [0.5, 0.6) is 5.75 Å². The topological polar surface area (TPSA) is 84.4 Å². The number of benzene rings is 3. The van der Waals surface area contributed by atoms with Crippen molar-refractivity contribution >= 4 is 32.2 Å². The summed E-state index contributed by atoms with van der Waals surface area (Å²) in [5.74, 6) is 2.07. The fourth-order valence-corrected chi connectivity index (χ4v) is 5.41. The van der Waals surface area contributed by atoms with Crippen LogP contribution >= 0.6 is 0 Å². The highest BCUT2D eigenvalue weighted by atomic mass is 32.2. The lowest BCUT2D eigenvalue weighted by molar-refractivity contribution is 0.299. The number of aromatic nitrogens is 2. The van der Waals surface area contributed by atoms with Gasteiger partial charge in [0.25, 0.3) is 0 Å². The maximum Gasteiger partial charge on any atom is 0.152 e. The minimum Gasteiger partial charge on any atom is -0.489 e. The second-order valence-corrected chi connectivity index (χ2v) is 11.0. The van der Waals surface area contributed by atoms with Gasteiger partial charge < -0.3 is 15.0 Å². The van der Waals surface area contributed by atoms with Gasteiger partial charge in [-0.15, -0.1) is 0 Å². The number of hydrogen-bond acceptors (Lipinski definition) is 7. The van der Waals surface area contributed by atoms with E-state index in [9.17, 15) is 8.42 Å². The molecule has 0 amide bonds. The second-order valence-electron chi connectivity index (χ2n) is 8.74. The largest absolute Gasteiger partial charge is 0.489 e. The average molecular weight is 489 g/mol. The standard InChI is InChI=1S/C27H28N4O3S/c32-35(33)16-14-31(15-17-35)13-12-21-6-11-25-26(18-21)28-20-29-27(25)30-23-7-9-24(10-8-23)34-19-22-4-2-1-3-5-22/h1-11,18,20H,12-17,19H2,(H,28,29,30). The summed E-state index contributed by atoms with van der Waals surface area (Å²) < 4.78 is 29.1. The zero-order chi connectivity index (χ0) is 24.1. The van der Waals surface area contributed by atoms with Crippen molar-refractivity contribution in [3.63, 3.8) is 0 Å². The summed E-state index contributed by atoms with van der Waals surface area (Å²) in [7, 11) is -2.85. The summed E-state index contributed by atoms with van der Waals surface area (Å²) in [4.78, 5) is 11.1. The van der Waals surface area contributed by atoms with E-state index in [2.05, 4.69) is 32.3 Å². The minimum atomic E-state index is -2.85. The van der Waals surface area contributed by atoms with Gasteiger partial charge in [0, 0.05) is 30.7 Å². The average Bonchev–Trinajstić information content (AvgIpc) is 2.88. The number of hydrogen-bond donors (Lipinski definition) is 1. The van der Waals surface area contributed by atoms with Gasteiger partial charge in [-0.25, -0.2) is 18.4 Å². The molecule has 1 aromatic heterocycles. The van der Waals surface area contributed by atoms with Crippen molar-refractivity contribution in [1.82, 2.24) is 14.9 Å². The van der Waals surface area contributed by atoms with Gasteiger partial charge in [-0.05, 0) is 53.9 Å². The van der Waals surface area contributed by atoms with E-state index < -0.39 is 9.84 Å². The highest BCUT2D eigenvalue weighted by Gasteiger charge is 2.21. The third kappa shape index (κ3) is 6.15. The van der Waals surface area contributed by atoms with Crippen molar-refractivity contribution in [2.75, 3.05) is 36.5 Å². The van der Waals surface area contributed by atoms with Crippen LogP contribution in [0, 0.1) is 0 Å². The number of nitrogens with zero attached hydrogens (tertiary/aromatic N) is 3. The van der Waals surface area contributed by atoms with E-state index >= 15 is 0 Å². The third-order valence-corrected chi connectivity index (χ3v) is 7.83. The smallest absolute Gasteiger partial charge is 0.152 e. The van der Waals surface area contributed by atoms with E-state index in [0.29, 0.717) is 19.7 Å². The summed E-state index contributed by atoms with van der Waals surface area (Å²) in [6.07, 6.45) is 2.43. The van der Waals surface area contributed by atoms with E-state index in [-0.39, 0.29) is 11.5 Å². The molecule has 0 radical (unpaired) electrons. The number of rotatable bonds is 8. The number of ether oxygens (including phenoxy) is 1. The van der Waals surface area contributed by atoms with Crippen LogP contribution in [0.1, 0.15) is 11.1 Å². The zero-order valence-corrected chi connectivity index (χ0v) is 20.2. The van der Waals surface area contributed by atoms with E-state index in [1.54, 1.807) is 6.33 Å². The Bertz CT molecular complexity index is 1380. The predicted octanol–water partition coefficient (Wildman–Crippen LogP) is 4.23. The van der Waals surface area contributed by atoms with Crippen LogP contribution in [0.2, 0.25) is 0 Å². The molecule has 1 aliphatic heterocycles. The molecular weight excluding hydrogens is 460 g/mol. The summed E-state index contributed by atoms with van der Waals surface area (Å²) in [5.41, 5.74) is 4.10. The minimum absolute atomic E-state index is 0.257. The second kappa shape index (κ2) is 10.4. The number of fused-ring (bicyclic) bond motifs is 1. The van der Waals surface area contributed by atoms with Crippen molar-refractivity contribution < 1.29 is 13.2 Å². The van der Waals surface area contributed by atoms with Crippen LogP contribution in [0.4, 0.5) is 11.5 Å². The molecule has 3 aromatic carbocycles. The molecule has 0 aliphatic carbocycles. The molecular formula is C27H28N4O3S. The van der Waals surface area contributed by atoms with E-state index in [1.165, 1.54) is 5.56 Å². The van der Waals surface area contributed by atoms with Crippen molar-refractivity contribution in [2.24, 2.45) is 0 Å². The Labute approximate surface area is 205 Å². The number of anilines is 2. The highest BCUT2D eigenvalue weighted by Crippen LogP contribution is 2.25. The molecule has 1 saturated heterocycles. The monoisotopic (exact) mass is 488 g/mol. The Hall–Kier alpha value is -3.49. The molecule has 4 aromatic rings. The lowest BCUT2D eigenvalue weighted by Gasteiger charge is -2.26. The summed E-state index contributed by atoms with van der Waals surface area (Å²) >= 11 is 0. The normalized spacial score (nSPS) is 15.7. The van der Waals surface area contributed by atoms with E-state index in [4.69, 9.17) is 4.74 Å². The Morgan fingerprint density at radius 1 is 0.886 bits per heavy atom. The lowest BCUT2D eigenvalue weighted by Crippen LogP contribution is -2.41. The van der Waals surface area contributed by atoms with Gasteiger partial charge >= 0.3 is 0 Å². The van der Waals surface area contributed by atoms with Crippen LogP contribution < -0.4 is 10.1 Å². The lowest BCUT2D eigenvalue weighted by atomic mass is 10.1. The van der Waals surface area contributed by atoms with Gasteiger partial charge in [0.1, 0.15) is 24.5 Å². The molecule has 1 fully saturated rings. The molecule has 35 heavy (non-hydrogen) atoms. The van der Waals surface area contributed by atoms with Gasteiger partial charge in [0.2, 0.25) is 0 Å². The van der Waals surface area contributed by atoms with Crippen molar-refractivity contribution in [3.8, 4) is 5.75 Å². The molecule has 2 heterocycles. The molecule has 0 unspecified atom stereocenters. The van der Waals surface area contributed by atoms with Crippen LogP contribution in [0.15, 0.2) is 79.1 Å². The molecule has 5 rings (SSSR count). The fraction of sp³-hybridized carbons (Fsp3) is 0.259. The Morgan fingerprint density at radius 2 is 1.66 bits per heavy atom. The molecule has 7 nitrogen and oxygen atoms in total. The zero-order valence-electron chi connectivity index (χ0n) is 19.4. The summed E-state index contributed by atoms with van der Waals surface area (Å²) in [6, 6.07) is 24.2. The van der Waals surface area contributed by atoms with Gasteiger partial charge in [0.05, 0.1) is 17.0 Å². The first-order valence-electron chi connectivity index (χ1n) is 11.7. The molecule has 0 saturated carbocycles. The predicted molar refractivity (Wildman–Crippen MR) is 139 cm³/mol. The Kier molecular flexibility index (Phi) is 6.92. The molecule has 0 bridgehead atoms. The van der Waals surface area contributed by atoms with Crippen molar-refractivity contribution in [2.45, 2.75) is 13.0 Å². The third-order valence-electron chi connectivity index (χ3n) is 6.22. The molecule has 0 spiro atoms. The first kappa shape index (κ1) is 23.3. The fourth-order valence-electron chi connectivity index (χ4n) is 4.13. The highest BCUT2D eigenvalue weighted by molar-refractivity contribution is 7.91. The number of sulfone groups is 1. The Morgan fingerprint density at radius 3 is 2.43 bits per heavy atom. The molecule has 1 N–H and O–H groups in total. The summed E-state index contributed by atoms with van der Waals surface area (Å²) in [5, 5.41) is 4.34. The van der Waals surface area contributed by atoms with Gasteiger partial charge in [0.15, 0.2) is 9.84 Å². The molecule has 180 valence electrons. The van der Waals surface area contributed by atoms with E-state index in [0.717, 1.165) is 46.7 Å². The molecule has 0 atom stereocenters. The first-order chi connectivity index (χ1) is 17.0. The quantitative estimate of drug-likeness (QED) is 0.397. The van der Waals surface area contributed by atoms with Crippen LogP contribution in [0.25, 0.3) is 10.9 Å². The van der Waals surface area contributed by atoms with Gasteiger partial charge in [-0.2, -0.15) is 0 Å². The Balaban J connectivity index is 1.21. The van der Waals surface area contributed by atoms with E-state index in [1.807, 2.05) is 60.7 Å². The van der Waals surface area contributed by atoms with Crippen LogP contribution in [0.3, 0.4) is 0 Å². The first-order valence-corrected chi connectivity index (χ1v) is 13.6. The molecule has 1 aliphatic rings. The molecule has 8 heteroatoms. The summed E-state index contributed by atoms with van der Waals surface area (Å²) in [6.45, 7) is 2.60. The maximum atomic E-state index is 11.6. The number of nitrogens with one attached hydrogen (secondary N) is 1. The van der Waals surface area contributed by atoms with Crippen LogP contribution in [-0.4, -0.2) is 54.4 Å². The van der Waals surface area contributed by atoms with Gasteiger partial charge in [-0.3, -0.25) is 0 Å². The van der Waals surface area contributed by atoms with Crippen molar-refractivity contribution in [3.05, 3.63) is 90.3 Å². The maximum absolute atomic E-state index is 11.6. The van der Waals surface area contributed by atoms with Crippen LogP contribution in [-0.2, 0) is 22.9 Å². The SMILES string of the molecule is O=S1(=O)CCN(CCc2ccc3c(Nc4ccc(OCc5ccccc5)cc4)ncnc3c2)CC1. The van der Waals surface area contributed by atoms with Gasteiger partial charge in [-0.1, -0.05) is 36.4 Å². The van der Waals surface area contributed by atoms with Crippen molar-refractivity contribution in [1.29, 1.82) is 0 Å².